The smallest absolute Gasteiger partial charge is 0.323 e. The Morgan fingerprint density at radius 2 is 1.29 bits per heavy atom. The monoisotopic (exact) mass is 404 g/mol. The molecule has 0 bridgehead atoms. The molecule has 0 aromatic heterocycles. The number of carbonyl (C=O) groups excluding carboxylic acids is 1. The van der Waals surface area contributed by atoms with Gasteiger partial charge in [0, 0.05) is 6.42 Å². The normalized spacial score (nSPS) is 14.8. The quantitative estimate of drug-likeness (QED) is 0.203. The number of hydrazine groups is 2. The molecule has 7 N–H and O–H groups in total. The molecule has 0 aliphatic rings. The number of amides is 1. The van der Waals surface area contributed by atoms with Gasteiger partial charge in [-0.25, -0.2) is 10.9 Å². The van der Waals surface area contributed by atoms with Crippen molar-refractivity contribution in [3.05, 3.63) is 0 Å². The van der Waals surface area contributed by atoms with Gasteiger partial charge in [0.25, 0.3) is 0 Å². The Hall–Kier alpha value is -2.24. The Morgan fingerprint density at radius 1 is 0.821 bits per heavy atom. The van der Waals surface area contributed by atoms with E-state index < -0.39 is 41.9 Å². The van der Waals surface area contributed by atoms with Gasteiger partial charge < -0.3 is 21.1 Å². The molecule has 28 heavy (non-hydrogen) atoms. The summed E-state index contributed by atoms with van der Waals surface area (Å²) in [5.74, 6) is -4.53. The van der Waals surface area contributed by atoms with E-state index in [9.17, 15) is 34.5 Å². The van der Waals surface area contributed by atoms with Gasteiger partial charge in [0.1, 0.15) is 18.1 Å². The molecule has 162 valence electrons. The number of carbonyl (C=O) groups is 4. The van der Waals surface area contributed by atoms with E-state index in [4.69, 9.17) is 5.73 Å². The third kappa shape index (κ3) is 10.2. The standard InChI is InChI=1S/C17H32N4O7/c1-9(2)7-12(16(25)26)20-21(13(17(27)28)8-10(3)4)19-11(15(23)24)5-6-14(18)22/h9-13,19-20H,5-8H2,1-4H3,(H2,18,22)(H,23,24)(H,25,26)(H,27,28)/t11-,12-,13-/m0/s1. The second-order valence-electron chi connectivity index (χ2n) is 7.53. The molecule has 0 radical (unpaired) electrons. The molecule has 0 fully saturated rings. The minimum atomic E-state index is -1.33. The van der Waals surface area contributed by atoms with E-state index in [1.54, 1.807) is 13.8 Å². The lowest BCUT2D eigenvalue weighted by molar-refractivity contribution is -0.156. The number of hydrogen-bond donors (Lipinski definition) is 6. The van der Waals surface area contributed by atoms with Crippen LogP contribution in [0.1, 0.15) is 53.4 Å². The molecule has 11 nitrogen and oxygen atoms in total. The highest BCUT2D eigenvalue weighted by Gasteiger charge is 2.33. The van der Waals surface area contributed by atoms with Crippen molar-refractivity contribution in [2.75, 3.05) is 0 Å². The summed E-state index contributed by atoms with van der Waals surface area (Å²) in [7, 11) is 0. The molecule has 0 aliphatic heterocycles. The van der Waals surface area contributed by atoms with Crippen molar-refractivity contribution in [2.24, 2.45) is 17.6 Å². The van der Waals surface area contributed by atoms with Crippen molar-refractivity contribution in [1.29, 1.82) is 0 Å². The van der Waals surface area contributed by atoms with Crippen LogP contribution in [0.5, 0.6) is 0 Å². The van der Waals surface area contributed by atoms with E-state index >= 15 is 0 Å². The maximum absolute atomic E-state index is 11.8. The molecule has 0 aliphatic carbocycles. The third-order valence-electron chi connectivity index (χ3n) is 3.86. The van der Waals surface area contributed by atoms with Crippen LogP contribution in [0.4, 0.5) is 0 Å². The van der Waals surface area contributed by atoms with Crippen molar-refractivity contribution < 1.29 is 34.5 Å². The molecule has 11 heteroatoms. The van der Waals surface area contributed by atoms with E-state index in [2.05, 4.69) is 10.9 Å². The molecule has 0 aromatic rings. The molecule has 0 saturated carbocycles. The van der Waals surface area contributed by atoms with E-state index in [1.165, 1.54) is 0 Å². The van der Waals surface area contributed by atoms with Gasteiger partial charge in [0.2, 0.25) is 5.91 Å². The molecule has 3 atom stereocenters. The number of primary amides is 1. The van der Waals surface area contributed by atoms with Gasteiger partial charge >= 0.3 is 17.9 Å². The van der Waals surface area contributed by atoms with Crippen LogP contribution >= 0.6 is 0 Å². The Labute approximate surface area is 164 Å². The lowest BCUT2D eigenvalue weighted by Crippen LogP contribution is -2.64. The van der Waals surface area contributed by atoms with E-state index in [1.807, 2.05) is 13.8 Å². The largest absolute Gasteiger partial charge is 0.480 e. The SMILES string of the molecule is CC(C)C[C@H](NN(N[C@@H](CCC(N)=O)C(=O)O)[C@@H](CC(C)C)C(=O)O)C(=O)O. The first-order chi connectivity index (χ1) is 12.8. The minimum Gasteiger partial charge on any atom is -0.480 e. The molecule has 0 rings (SSSR count). The number of hydrogen-bond acceptors (Lipinski definition) is 7. The van der Waals surface area contributed by atoms with Crippen molar-refractivity contribution in [3.63, 3.8) is 0 Å². The van der Waals surface area contributed by atoms with Gasteiger partial charge in [0.15, 0.2) is 0 Å². The van der Waals surface area contributed by atoms with Crippen molar-refractivity contribution in [3.8, 4) is 0 Å². The molecular weight excluding hydrogens is 372 g/mol. The maximum Gasteiger partial charge on any atom is 0.323 e. The average Bonchev–Trinajstić information content (AvgIpc) is 2.53. The number of aliphatic carboxylic acids is 3. The van der Waals surface area contributed by atoms with Gasteiger partial charge in [-0.3, -0.25) is 19.2 Å². The van der Waals surface area contributed by atoms with Crippen LogP contribution in [0.25, 0.3) is 0 Å². The summed E-state index contributed by atoms with van der Waals surface area (Å²) in [5.41, 5.74) is 10.2. The number of carboxylic acids is 3. The van der Waals surface area contributed by atoms with Gasteiger partial charge in [-0.05, 0) is 31.1 Å². The maximum atomic E-state index is 11.8. The van der Waals surface area contributed by atoms with Gasteiger partial charge in [-0.2, -0.15) is 5.12 Å². The lowest BCUT2D eigenvalue weighted by atomic mass is 10.0. The van der Waals surface area contributed by atoms with E-state index in [-0.39, 0.29) is 37.5 Å². The molecule has 0 saturated heterocycles. The summed E-state index contributed by atoms with van der Waals surface area (Å²) in [6.07, 6.45) is -0.0844. The van der Waals surface area contributed by atoms with Gasteiger partial charge in [-0.15, -0.1) is 0 Å². The first kappa shape index (κ1) is 25.8. The summed E-state index contributed by atoms with van der Waals surface area (Å²) in [6.45, 7) is 7.20. The first-order valence-electron chi connectivity index (χ1n) is 9.13. The lowest BCUT2D eigenvalue weighted by Gasteiger charge is -2.35. The highest BCUT2D eigenvalue weighted by molar-refractivity contribution is 5.77. The molecule has 0 heterocycles. The fourth-order valence-corrected chi connectivity index (χ4v) is 2.53. The van der Waals surface area contributed by atoms with Crippen molar-refractivity contribution in [2.45, 2.75) is 71.5 Å². The van der Waals surface area contributed by atoms with Crippen LogP contribution in [-0.4, -0.2) is 62.4 Å². The van der Waals surface area contributed by atoms with Gasteiger partial charge in [-0.1, -0.05) is 27.7 Å². The van der Waals surface area contributed by atoms with Crippen LogP contribution in [0, 0.1) is 11.8 Å². The molecular formula is C17H32N4O7. The van der Waals surface area contributed by atoms with Crippen molar-refractivity contribution in [1.82, 2.24) is 16.0 Å². The highest BCUT2D eigenvalue weighted by atomic mass is 16.4. The zero-order valence-electron chi connectivity index (χ0n) is 16.7. The third-order valence-corrected chi connectivity index (χ3v) is 3.86. The zero-order chi connectivity index (χ0) is 22.0. The topological polar surface area (TPSA) is 182 Å². The van der Waals surface area contributed by atoms with Crippen LogP contribution in [-0.2, 0) is 19.2 Å². The van der Waals surface area contributed by atoms with Crippen LogP contribution in [0.15, 0.2) is 0 Å². The number of carboxylic acid groups (broad SMARTS) is 3. The average molecular weight is 404 g/mol. The number of nitrogens with two attached hydrogens (primary N) is 1. The summed E-state index contributed by atoms with van der Waals surface area (Å²) >= 11 is 0. The summed E-state index contributed by atoms with van der Waals surface area (Å²) < 4.78 is 0. The highest BCUT2D eigenvalue weighted by Crippen LogP contribution is 2.13. The Kier molecular flexibility index (Phi) is 11.3. The molecule has 1 amide bonds. The second-order valence-corrected chi connectivity index (χ2v) is 7.53. The summed E-state index contributed by atoms with van der Waals surface area (Å²) in [5, 5.41) is 29.4. The predicted octanol–water partition coefficient (Wildman–Crippen LogP) is 0.0149. The second kappa shape index (κ2) is 12.3. The van der Waals surface area contributed by atoms with Crippen LogP contribution in [0.3, 0.4) is 0 Å². The number of rotatable bonds is 15. The zero-order valence-corrected chi connectivity index (χ0v) is 16.7. The fraction of sp³-hybridized carbons (Fsp3) is 0.765. The number of nitrogens with one attached hydrogen (secondary N) is 2. The van der Waals surface area contributed by atoms with E-state index in [0.717, 1.165) is 5.12 Å². The fourth-order valence-electron chi connectivity index (χ4n) is 2.53. The Balaban J connectivity index is 5.71. The predicted molar refractivity (Wildman–Crippen MR) is 99.7 cm³/mol. The molecule has 0 unspecified atom stereocenters. The number of nitrogens with zero attached hydrogens (tertiary/aromatic N) is 1. The molecule has 0 aromatic carbocycles. The van der Waals surface area contributed by atoms with Crippen LogP contribution in [0.2, 0.25) is 0 Å². The molecule has 0 spiro atoms. The van der Waals surface area contributed by atoms with Crippen molar-refractivity contribution >= 4 is 23.8 Å². The Morgan fingerprint density at radius 3 is 1.64 bits per heavy atom. The summed E-state index contributed by atoms with van der Waals surface area (Å²) in [4.78, 5) is 45.9. The van der Waals surface area contributed by atoms with Crippen LogP contribution < -0.4 is 16.6 Å². The first-order valence-corrected chi connectivity index (χ1v) is 9.13. The van der Waals surface area contributed by atoms with Gasteiger partial charge in [0.05, 0.1) is 0 Å². The van der Waals surface area contributed by atoms with E-state index in [0.29, 0.717) is 0 Å². The summed E-state index contributed by atoms with van der Waals surface area (Å²) in [6, 6.07) is -3.70. The Bertz CT molecular complexity index is 554. The minimum absolute atomic E-state index is 0.00559.